The Bertz CT molecular complexity index is 296. The lowest BCUT2D eigenvalue weighted by Crippen LogP contribution is -2.39. The molecule has 0 aromatic heterocycles. The monoisotopic (exact) mass is 268 g/mol. The van der Waals surface area contributed by atoms with Crippen LogP contribution in [0.2, 0.25) is 0 Å². The third-order valence-electron chi connectivity index (χ3n) is 4.96. The Morgan fingerprint density at radius 2 is 1.63 bits per heavy atom. The molecule has 1 saturated carbocycles. The minimum absolute atomic E-state index is 0.0320. The van der Waals surface area contributed by atoms with E-state index in [-0.39, 0.29) is 17.0 Å². The lowest BCUT2D eigenvalue weighted by atomic mass is 9.75. The molecule has 0 aromatic rings. The Labute approximate surface area is 119 Å². The van der Waals surface area contributed by atoms with Crippen LogP contribution in [0.15, 0.2) is 0 Å². The fraction of sp³-hybridized carbons (Fsp3) is 0.941. The van der Waals surface area contributed by atoms with Crippen LogP contribution < -0.4 is 0 Å². The highest BCUT2D eigenvalue weighted by Gasteiger charge is 2.36. The average molecular weight is 268 g/mol. The summed E-state index contributed by atoms with van der Waals surface area (Å²) in [7, 11) is 0. The summed E-state index contributed by atoms with van der Waals surface area (Å²) in [5, 5.41) is 0. The molecule has 0 atom stereocenters. The second kappa shape index (κ2) is 6.28. The Kier molecular flexibility index (Phi) is 5.46. The van der Waals surface area contributed by atoms with Crippen LogP contribution in [0.4, 0.5) is 0 Å². The summed E-state index contributed by atoms with van der Waals surface area (Å²) in [6.07, 6.45) is 6.45. The van der Waals surface area contributed by atoms with Crippen molar-refractivity contribution >= 4 is 5.97 Å². The van der Waals surface area contributed by atoms with Crippen molar-refractivity contribution in [3.63, 3.8) is 0 Å². The van der Waals surface area contributed by atoms with Gasteiger partial charge in [-0.2, -0.15) is 0 Å². The molecule has 0 N–H and O–H groups in total. The van der Waals surface area contributed by atoms with Gasteiger partial charge in [-0.3, -0.25) is 4.79 Å². The van der Waals surface area contributed by atoms with Gasteiger partial charge >= 0.3 is 5.97 Å². The van der Waals surface area contributed by atoms with Crippen molar-refractivity contribution in [3.05, 3.63) is 0 Å². The van der Waals surface area contributed by atoms with Crippen LogP contribution in [-0.2, 0) is 9.53 Å². The lowest BCUT2D eigenvalue weighted by molar-refractivity contribution is -0.165. The van der Waals surface area contributed by atoms with E-state index in [1.165, 1.54) is 25.7 Å². The van der Waals surface area contributed by atoms with E-state index in [4.69, 9.17) is 4.74 Å². The van der Waals surface area contributed by atoms with Crippen molar-refractivity contribution < 1.29 is 9.53 Å². The van der Waals surface area contributed by atoms with Crippen molar-refractivity contribution in [1.82, 2.24) is 0 Å². The summed E-state index contributed by atoms with van der Waals surface area (Å²) in [5.41, 5.74) is -0.255. The number of carbonyl (C=O) groups excluding carboxylic acids is 1. The van der Waals surface area contributed by atoms with Crippen LogP contribution in [0.3, 0.4) is 0 Å². The van der Waals surface area contributed by atoms with Crippen molar-refractivity contribution in [2.24, 2.45) is 17.3 Å². The fourth-order valence-electron chi connectivity index (χ4n) is 2.88. The molecular weight excluding hydrogens is 236 g/mol. The smallest absolute Gasteiger partial charge is 0.306 e. The molecule has 0 aliphatic heterocycles. The zero-order valence-electron chi connectivity index (χ0n) is 13.7. The quantitative estimate of drug-likeness (QED) is 0.659. The second-order valence-electron chi connectivity index (χ2n) is 7.73. The molecule has 1 rings (SSSR count). The van der Waals surface area contributed by atoms with Crippen LogP contribution in [0.5, 0.6) is 0 Å². The predicted molar refractivity (Wildman–Crippen MR) is 80.0 cm³/mol. The van der Waals surface area contributed by atoms with Gasteiger partial charge in [0, 0.05) is 0 Å². The van der Waals surface area contributed by atoms with E-state index in [0.717, 1.165) is 12.3 Å². The van der Waals surface area contributed by atoms with Gasteiger partial charge in [0.25, 0.3) is 0 Å². The highest BCUT2D eigenvalue weighted by Crippen LogP contribution is 2.37. The van der Waals surface area contributed by atoms with Crippen LogP contribution in [-0.4, -0.2) is 11.6 Å². The van der Waals surface area contributed by atoms with E-state index in [0.29, 0.717) is 12.3 Å². The zero-order valence-corrected chi connectivity index (χ0v) is 13.7. The van der Waals surface area contributed by atoms with Gasteiger partial charge in [0.1, 0.15) is 5.60 Å². The normalized spacial score (nSPS) is 25.2. The molecule has 0 heterocycles. The van der Waals surface area contributed by atoms with Gasteiger partial charge in [-0.15, -0.1) is 0 Å². The number of ether oxygens (including phenoxy) is 1. The van der Waals surface area contributed by atoms with Gasteiger partial charge in [0.05, 0.1) is 6.42 Å². The Balaban J connectivity index is 2.52. The molecule has 1 aliphatic carbocycles. The third kappa shape index (κ3) is 5.16. The topological polar surface area (TPSA) is 26.3 Å². The van der Waals surface area contributed by atoms with Gasteiger partial charge in [0.2, 0.25) is 0 Å². The first kappa shape index (κ1) is 16.5. The molecule has 2 heteroatoms. The first-order chi connectivity index (χ1) is 8.66. The molecule has 0 saturated heterocycles. The van der Waals surface area contributed by atoms with Crippen LogP contribution in [0.25, 0.3) is 0 Å². The Hall–Kier alpha value is -0.530. The molecule has 0 bridgehead atoms. The first-order valence-electron chi connectivity index (χ1n) is 7.88. The van der Waals surface area contributed by atoms with Gasteiger partial charge in [0.15, 0.2) is 0 Å². The molecule has 2 nitrogen and oxygen atoms in total. The number of carbonyl (C=O) groups is 1. The van der Waals surface area contributed by atoms with E-state index >= 15 is 0 Å². The van der Waals surface area contributed by atoms with Crippen molar-refractivity contribution in [2.45, 2.75) is 85.7 Å². The van der Waals surface area contributed by atoms with E-state index in [9.17, 15) is 4.79 Å². The number of esters is 1. The van der Waals surface area contributed by atoms with Gasteiger partial charge in [-0.05, 0) is 43.9 Å². The zero-order chi connectivity index (χ0) is 14.7. The van der Waals surface area contributed by atoms with E-state index in [1.807, 2.05) is 0 Å². The fourth-order valence-corrected chi connectivity index (χ4v) is 2.88. The highest BCUT2D eigenvalue weighted by molar-refractivity contribution is 5.70. The average Bonchev–Trinajstić information content (AvgIpc) is 2.28. The molecule has 1 aliphatic rings. The number of hydrogen-bond donors (Lipinski definition) is 0. The summed E-state index contributed by atoms with van der Waals surface area (Å²) in [5.74, 6) is 1.33. The minimum atomic E-state index is -0.305. The second-order valence-corrected chi connectivity index (χ2v) is 7.73. The SMILES string of the molecule is CCC(C)(C)CC(=O)OC(C)(C)C1CCC(C)CC1. The standard InChI is InChI=1S/C17H32O2/c1-7-16(3,4)12-15(18)19-17(5,6)14-10-8-13(2)9-11-14/h13-14H,7-12H2,1-6H3. The molecule has 0 unspecified atom stereocenters. The van der Waals surface area contributed by atoms with Crippen LogP contribution in [0.1, 0.15) is 80.1 Å². The molecule has 0 aromatic carbocycles. The molecular formula is C17H32O2. The van der Waals surface area contributed by atoms with Gasteiger partial charge in [-0.25, -0.2) is 0 Å². The van der Waals surface area contributed by atoms with E-state index < -0.39 is 0 Å². The maximum atomic E-state index is 12.1. The largest absolute Gasteiger partial charge is 0.459 e. The maximum Gasteiger partial charge on any atom is 0.306 e. The van der Waals surface area contributed by atoms with E-state index in [1.54, 1.807) is 0 Å². The first-order valence-corrected chi connectivity index (χ1v) is 7.88. The minimum Gasteiger partial charge on any atom is -0.459 e. The number of rotatable bonds is 5. The maximum absolute atomic E-state index is 12.1. The summed E-state index contributed by atoms with van der Waals surface area (Å²) >= 11 is 0. The summed E-state index contributed by atoms with van der Waals surface area (Å²) in [4.78, 5) is 12.1. The van der Waals surface area contributed by atoms with E-state index in [2.05, 4.69) is 41.5 Å². The summed E-state index contributed by atoms with van der Waals surface area (Å²) in [6, 6.07) is 0. The summed E-state index contributed by atoms with van der Waals surface area (Å²) in [6.45, 7) is 12.9. The summed E-state index contributed by atoms with van der Waals surface area (Å²) < 4.78 is 5.81. The molecule has 1 fully saturated rings. The Morgan fingerprint density at radius 1 is 1.11 bits per heavy atom. The van der Waals surface area contributed by atoms with Gasteiger partial charge < -0.3 is 4.74 Å². The number of hydrogen-bond acceptors (Lipinski definition) is 2. The highest BCUT2D eigenvalue weighted by atomic mass is 16.6. The van der Waals surface area contributed by atoms with Crippen LogP contribution >= 0.6 is 0 Å². The van der Waals surface area contributed by atoms with Gasteiger partial charge in [-0.1, -0.05) is 47.0 Å². The Morgan fingerprint density at radius 3 is 2.11 bits per heavy atom. The lowest BCUT2D eigenvalue weighted by Gasteiger charge is -2.38. The molecule has 112 valence electrons. The van der Waals surface area contributed by atoms with Crippen molar-refractivity contribution in [1.29, 1.82) is 0 Å². The molecule has 0 amide bonds. The van der Waals surface area contributed by atoms with Crippen LogP contribution in [0, 0.1) is 17.3 Å². The van der Waals surface area contributed by atoms with Crippen molar-refractivity contribution in [2.75, 3.05) is 0 Å². The molecule has 0 radical (unpaired) electrons. The molecule has 0 spiro atoms. The van der Waals surface area contributed by atoms with Crippen molar-refractivity contribution in [3.8, 4) is 0 Å². The third-order valence-corrected chi connectivity index (χ3v) is 4.96. The predicted octanol–water partition coefficient (Wildman–Crippen LogP) is 4.96. The molecule has 19 heavy (non-hydrogen) atoms.